The number of carbonyl (C=O) groups excluding carboxylic acids is 1. The number of nitrogens with two attached hydrogens (primary N) is 2. The van der Waals surface area contributed by atoms with Gasteiger partial charge < -0.3 is 11.5 Å². The number of halogens is 1. The minimum atomic E-state index is -0.539. The minimum absolute atomic E-state index is 0. The Balaban J connectivity index is 0.00000128. The van der Waals surface area contributed by atoms with Crippen LogP contribution in [-0.2, 0) is 11.2 Å². The number of aryl methyl sites for hydroxylation is 1. The average Bonchev–Trinajstić information content (AvgIpc) is 2.66. The zero-order chi connectivity index (χ0) is 10.8. The van der Waals surface area contributed by atoms with Crippen molar-refractivity contribution in [3.05, 3.63) is 16.1 Å². The monoisotopic (exact) mass is 261 g/mol. The summed E-state index contributed by atoms with van der Waals surface area (Å²) in [7, 11) is 0. The third kappa shape index (κ3) is 2.72. The number of thiazole rings is 1. The van der Waals surface area contributed by atoms with E-state index < -0.39 is 11.9 Å². The molecule has 0 aliphatic heterocycles. The zero-order valence-corrected chi connectivity index (χ0v) is 10.5. The maximum atomic E-state index is 10.9. The lowest BCUT2D eigenvalue weighted by Gasteiger charge is -2.22. The number of aromatic nitrogens is 1. The third-order valence-corrected chi connectivity index (χ3v) is 3.83. The van der Waals surface area contributed by atoms with Gasteiger partial charge in [-0.1, -0.05) is 0 Å². The van der Waals surface area contributed by atoms with Gasteiger partial charge in [0, 0.05) is 10.8 Å². The van der Waals surface area contributed by atoms with Crippen molar-refractivity contribution >= 4 is 29.7 Å². The van der Waals surface area contributed by atoms with Crippen LogP contribution in [0.1, 0.15) is 35.8 Å². The van der Waals surface area contributed by atoms with Crippen molar-refractivity contribution in [2.75, 3.05) is 0 Å². The highest BCUT2D eigenvalue weighted by molar-refractivity contribution is 7.09. The molecule has 4 nitrogen and oxygen atoms in total. The molecule has 6 heteroatoms. The maximum Gasteiger partial charge on any atom is 0.234 e. The molecule has 1 aromatic rings. The molecule has 0 radical (unpaired) electrons. The molecule has 4 N–H and O–H groups in total. The topological polar surface area (TPSA) is 82.0 Å². The normalized spacial score (nSPS) is 20.7. The average molecular weight is 262 g/mol. The van der Waals surface area contributed by atoms with Crippen LogP contribution in [0.15, 0.2) is 5.51 Å². The summed E-state index contributed by atoms with van der Waals surface area (Å²) in [5.74, 6) is -0.0974. The fraction of sp³-hybridized carbons (Fsp3) is 0.600. The second-order valence-electron chi connectivity index (χ2n) is 3.99. The van der Waals surface area contributed by atoms with E-state index in [1.807, 2.05) is 5.51 Å². The van der Waals surface area contributed by atoms with Crippen LogP contribution in [0.2, 0.25) is 0 Å². The molecule has 2 rings (SSSR count). The molecule has 0 spiro atoms. The predicted molar refractivity (Wildman–Crippen MR) is 66.8 cm³/mol. The van der Waals surface area contributed by atoms with E-state index in [1.54, 1.807) is 11.3 Å². The number of nitrogens with zero attached hydrogens (tertiary/aromatic N) is 1. The van der Waals surface area contributed by atoms with E-state index in [1.165, 1.54) is 4.88 Å². The molecule has 1 heterocycles. The first kappa shape index (κ1) is 13.4. The van der Waals surface area contributed by atoms with E-state index in [0.717, 1.165) is 25.0 Å². The van der Waals surface area contributed by atoms with Crippen LogP contribution in [-0.4, -0.2) is 16.9 Å². The van der Waals surface area contributed by atoms with Crippen molar-refractivity contribution in [1.82, 2.24) is 4.98 Å². The van der Waals surface area contributed by atoms with Crippen LogP contribution in [0.3, 0.4) is 0 Å². The van der Waals surface area contributed by atoms with Crippen molar-refractivity contribution in [2.45, 2.75) is 37.6 Å². The van der Waals surface area contributed by atoms with Crippen LogP contribution in [0.25, 0.3) is 0 Å². The Bertz CT molecular complexity index is 369. The number of rotatable bonds is 3. The largest absolute Gasteiger partial charge is 0.368 e. The van der Waals surface area contributed by atoms with Crippen LogP contribution in [0.5, 0.6) is 0 Å². The first-order valence-corrected chi connectivity index (χ1v) is 6.03. The Labute approximate surface area is 105 Å². The van der Waals surface area contributed by atoms with Crippen LogP contribution in [0.4, 0.5) is 0 Å². The molecule has 2 atom stereocenters. The molecule has 0 aromatic carbocycles. The highest BCUT2D eigenvalue weighted by Crippen LogP contribution is 2.35. The Morgan fingerprint density at radius 1 is 1.69 bits per heavy atom. The number of primary amides is 1. The van der Waals surface area contributed by atoms with Crippen molar-refractivity contribution in [3.8, 4) is 0 Å². The van der Waals surface area contributed by atoms with E-state index in [-0.39, 0.29) is 12.4 Å². The summed E-state index contributed by atoms with van der Waals surface area (Å²) in [6, 6.07) is -0.539. The van der Waals surface area contributed by atoms with E-state index in [4.69, 9.17) is 11.5 Å². The molecule has 16 heavy (non-hydrogen) atoms. The van der Waals surface area contributed by atoms with E-state index >= 15 is 0 Å². The first-order valence-electron chi connectivity index (χ1n) is 5.15. The Morgan fingerprint density at radius 3 is 3.12 bits per heavy atom. The van der Waals surface area contributed by atoms with E-state index in [0.29, 0.717) is 12.3 Å². The highest BCUT2D eigenvalue weighted by Gasteiger charge is 2.26. The fourth-order valence-electron chi connectivity index (χ4n) is 2.10. The molecule has 1 amide bonds. The summed E-state index contributed by atoms with van der Waals surface area (Å²) >= 11 is 1.70. The second kappa shape index (κ2) is 5.61. The molecule has 0 fully saturated rings. The number of hydrogen-bond donors (Lipinski definition) is 2. The van der Waals surface area contributed by atoms with Gasteiger partial charge in [0.1, 0.15) is 0 Å². The molecule has 90 valence electrons. The van der Waals surface area contributed by atoms with Crippen molar-refractivity contribution in [3.63, 3.8) is 0 Å². The second-order valence-corrected chi connectivity index (χ2v) is 4.93. The molecule has 0 saturated heterocycles. The summed E-state index contributed by atoms with van der Waals surface area (Å²) in [5, 5.41) is 0. The van der Waals surface area contributed by atoms with Gasteiger partial charge in [-0.05, 0) is 25.7 Å². The van der Waals surface area contributed by atoms with Crippen LogP contribution >= 0.6 is 23.7 Å². The number of amides is 1. The summed E-state index contributed by atoms with van der Waals surface area (Å²) < 4.78 is 0. The molecule has 0 bridgehead atoms. The predicted octanol–water partition coefficient (Wildman–Crippen LogP) is 1.19. The SMILES string of the molecule is Cl.NC(=O)C(N)CC1CCCc2scnc21. The standard InChI is InChI=1S/C10H15N3OS.ClH/c11-7(10(12)14)4-6-2-1-3-8-9(6)13-5-15-8;/h5-7H,1-4,11H2,(H2,12,14);1H. The van der Waals surface area contributed by atoms with Gasteiger partial charge in [-0.2, -0.15) is 0 Å². The lowest BCUT2D eigenvalue weighted by Crippen LogP contribution is -2.38. The Kier molecular flexibility index (Phi) is 4.70. The van der Waals surface area contributed by atoms with Crippen molar-refractivity contribution in [1.29, 1.82) is 0 Å². The van der Waals surface area contributed by atoms with Gasteiger partial charge in [0.15, 0.2) is 0 Å². The van der Waals surface area contributed by atoms with Crippen LogP contribution < -0.4 is 11.5 Å². The molecule has 1 aromatic heterocycles. The molecule has 0 saturated carbocycles. The quantitative estimate of drug-likeness (QED) is 0.857. The van der Waals surface area contributed by atoms with Gasteiger partial charge in [-0.25, -0.2) is 4.98 Å². The molecule has 1 aliphatic carbocycles. The van der Waals surface area contributed by atoms with Crippen molar-refractivity contribution < 1.29 is 4.79 Å². The molecule has 2 unspecified atom stereocenters. The smallest absolute Gasteiger partial charge is 0.234 e. The van der Waals surface area contributed by atoms with Gasteiger partial charge in [0.25, 0.3) is 0 Å². The Morgan fingerprint density at radius 2 is 2.44 bits per heavy atom. The van der Waals surface area contributed by atoms with E-state index in [2.05, 4.69) is 4.98 Å². The van der Waals surface area contributed by atoms with Gasteiger partial charge in [0.05, 0.1) is 17.2 Å². The minimum Gasteiger partial charge on any atom is -0.368 e. The molecular formula is C10H16ClN3OS. The number of carbonyl (C=O) groups is 1. The molecule has 1 aliphatic rings. The lowest BCUT2D eigenvalue weighted by molar-refractivity contribution is -0.119. The first-order chi connectivity index (χ1) is 7.18. The van der Waals surface area contributed by atoms with E-state index in [9.17, 15) is 4.79 Å². The van der Waals surface area contributed by atoms with Gasteiger partial charge in [0.2, 0.25) is 5.91 Å². The summed E-state index contributed by atoms with van der Waals surface area (Å²) in [5.41, 5.74) is 13.9. The van der Waals surface area contributed by atoms with Gasteiger partial charge >= 0.3 is 0 Å². The maximum absolute atomic E-state index is 10.9. The summed E-state index contributed by atoms with van der Waals surface area (Å²) in [4.78, 5) is 16.6. The number of hydrogen-bond acceptors (Lipinski definition) is 4. The Hall–Kier alpha value is -0.650. The zero-order valence-electron chi connectivity index (χ0n) is 8.89. The summed E-state index contributed by atoms with van der Waals surface area (Å²) in [6.07, 6.45) is 3.97. The molecular weight excluding hydrogens is 246 g/mol. The van der Waals surface area contributed by atoms with Crippen LogP contribution in [0, 0.1) is 0 Å². The van der Waals surface area contributed by atoms with Crippen molar-refractivity contribution in [2.24, 2.45) is 11.5 Å². The highest BCUT2D eigenvalue weighted by atomic mass is 35.5. The summed E-state index contributed by atoms with van der Waals surface area (Å²) in [6.45, 7) is 0. The lowest BCUT2D eigenvalue weighted by atomic mass is 9.86. The van der Waals surface area contributed by atoms with Gasteiger partial charge in [-0.15, -0.1) is 23.7 Å². The third-order valence-electron chi connectivity index (χ3n) is 2.92. The fourth-order valence-corrected chi connectivity index (χ4v) is 2.99. The van der Waals surface area contributed by atoms with Gasteiger partial charge in [-0.3, -0.25) is 4.79 Å². The number of fused-ring (bicyclic) bond motifs is 1.